The molecule has 2 rings (SSSR count). The van der Waals surface area contributed by atoms with Gasteiger partial charge in [-0.15, -0.1) is 0 Å². The first-order valence-corrected chi connectivity index (χ1v) is 9.02. The summed E-state index contributed by atoms with van der Waals surface area (Å²) in [6.07, 6.45) is 1.08. The maximum Gasteiger partial charge on any atom is 0.271 e. The highest BCUT2D eigenvalue weighted by molar-refractivity contribution is 7.90. The number of aryl methyl sites for hydroxylation is 1. The van der Waals surface area contributed by atoms with Crippen LogP contribution in [0.15, 0.2) is 52.5 Å². The lowest BCUT2D eigenvalue weighted by molar-refractivity contribution is 0.0954. The number of phenolic OH excluding ortho intramolecular Hbond substituents is 1. The third-order valence-corrected chi connectivity index (χ3v) is 4.50. The topological polar surface area (TPSA) is 95.8 Å². The Morgan fingerprint density at radius 3 is 2.54 bits per heavy atom. The van der Waals surface area contributed by atoms with Crippen molar-refractivity contribution in [3.63, 3.8) is 0 Å². The van der Waals surface area contributed by atoms with E-state index in [0.717, 1.165) is 11.8 Å². The molecule has 2 N–H and O–H groups in total. The predicted octanol–water partition coefficient (Wildman–Crippen LogP) is 2.26. The van der Waals surface area contributed by atoms with Gasteiger partial charge in [-0.1, -0.05) is 17.7 Å². The number of sulfone groups is 1. The zero-order valence-corrected chi connectivity index (χ0v) is 14.4. The van der Waals surface area contributed by atoms with Crippen LogP contribution in [0, 0.1) is 6.92 Å². The minimum atomic E-state index is -3.39. The van der Waals surface area contributed by atoms with Crippen LogP contribution in [0.3, 0.4) is 0 Å². The van der Waals surface area contributed by atoms with Crippen molar-refractivity contribution in [3.05, 3.63) is 59.2 Å². The molecule has 0 aliphatic carbocycles. The monoisotopic (exact) mass is 346 g/mol. The maximum atomic E-state index is 12.1. The molecule has 126 valence electrons. The van der Waals surface area contributed by atoms with Gasteiger partial charge in [0, 0.05) is 17.4 Å². The van der Waals surface area contributed by atoms with Gasteiger partial charge in [0.25, 0.3) is 5.91 Å². The predicted molar refractivity (Wildman–Crippen MR) is 92.1 cm³/mol. The van der Waals surface area contributed by atoms with Crippen LogP contribution in [0.2, 0.25) is 0 Å². The SMILES string of the molecule is CC(=NNC(=O)c1cccc(S(C)(=O)=O)c1)c1cc(C)ccc1O. The van der Waals surface area contributed by atoms with Gasteiger partial charge in [-0.2, -0.15) is 5.10 Å². The number of carbonyl (C=O) groups is 1. The number of carbonyl (C=O) groups excluding carboxylic acids is 1. The molecule has 0 radical (unpaired) electrons. The number of benzene rings is 2. The molecule has 0 saturated heterocycles. The second-order valence-corrected chi connectivity index (χ2v) is 7.47. The number of phenols is 1. The van der Waals surface area contributed by atoms with Crippen molar-refractivity contribution in [2.45, 2.75) is 18.7 Å². The molecule has 0 aliphatic rings. The third-order valence-electron chi connectivity index (χ3n) is 3.39. The Kier molecular flexibility index (Phi) is 5.04. The largest absolute Gasteiger partial charge is 0.507 e. The molecule has 0 bridgehead atoms. The maximum absolute atomic E-state index is 12.1. The van der Waals surface area contributed by atoms with Gasteiger partial charge >= 0.3 is 0 Å². The highest BCUT2D eigenvalue weighted by Crippen LogP contribution is 2.19. The van der Waals surface area contributed by atoms with Crippen LogP contribution in [0.1, 0.15) is 28.4 Å². The van der Waals surface area contributed by atoms with E-state index in [1.807, 2.05) is 6.92 Å². The summed E-state index contributed by atoms with van der Waals surface area (Å²) >= 11 is 0. The molecule has 24 heavy (non-hydrogen) atoms. The number of hydrazone groups is 1. The zero-order valence-electron chi connectivity index (χ0n) is 13.6. The highest BCUT2D eigenvalue weighted by Gasteiger charge is 2.12. The molecule has 6 nitrogen and oxygen atoms in total. The van der Waals surface area contributed by atoms with Gasteiger partial charge in [-0.3, -0.25) is 4.79 Å². The van der Waals surface area contributed by atoms with E-state index in [1.165, 1.54) is 24.3 Å². The molecule has 7 heteroatoms. The number of aromatic hydroxyl groups is 1. The summed E-state index contributed by atoms with van der Waals surface area (Å²) in [7, 11) is -3.39. The van der Waals surface area contributed by atoms with Gasteiger partial charge in [0.15, 0.2) is 9.84 Å². The van der Waals surface area contributed by atoms with Crippen LogP contribution in [0.4, 0.5) is 0 Å². The summed E-state index contributed by atoms with van der Waals surface area (Å²) in [6, 6.07) is 10.8. The number of rotatable bonds is 4. The fourth-order valence-electron chi connectivity index (χ4n) is 2.07. The van der Waals surface area contributed by atoms with E-state index in [-0.39, 0.29) is 16.2 Å². The second kappa shape index (κ2) is 6.84. The van der Waals surface area contributed by atoms with Crippen molar-refractivity contribution in [2.75, 3.05) is 6.26 Å². The molecule has 1 amide bonds. The third kappa shape index (κ3) is 4.20. The lowest BCUT2D eigenvalue weighted by Crippen LogP contribution is -2.19. The molecule has 0 unspecified atom stereocenters. The number of nitrogens with one attached hydrogen (secondary N) is 1. The Labute approximate surface area is 140 Å². The summed E-state index contributed by atoms with van der Waals surface area (Å²) in [5, 5.41) is 13.8. The van der Waals surface area contributed by atoms with E-state index >= 15 is 0 Å². The van der Waals surface area contributed by atoms with Crippen molar-refractivity contribution in [3.8, 4) is 5.75 Å². The minimum Gasteiger partial charge on any atom is -0.507 e. The number of hydrogen-bond donors (Lipinski definition) is 2. The first-order chi connectivity index (χ1) is 11.2. The molecule has 0 fully saturated rings. The summed E-state index contributed by atoms with van der Waals surface area (Å²) in [5.74, 6) is -0.470. The number of nitrogens with zero attached hydrogens (tertiary/aromatic N) is 1. The van der Waals surface area contributed by atoms with Crippen molar-refractivity contribution in [2.24, 2.45) is 5.10 Å². The van der Waals surface area contributed by atoms with Gasteiger partial charge in [-0.25, -0.2) is 13.8 Å². The number of amides is 1. The molecule has 0 saturated carbocycles. The van der Waals surface area contributed by atoms with Gasteiger partial charge in [-0.05, 0) is 44.2 Å². The van der Waals surface area contributed by atoms with Crippen molar-refractivity contribution >= 4 is 21.5 Å². The van der Waals surface area contributed by atoms with Crippen LogP contribution >= 0.6 is 0 Å². The number of hydrogen-bond acceptors (Lipinski definition) is 5. The van der Waals surface area contributed by atoms with E-state index in [4.69, 9.17) is 0 Å². The summed E-state index contributed by atoms with van der Waals surface area (Å²) in [6.45, 7) is 3.53. The quantitative estimate of drug-likeness (QED) is 0.655. The van der Waals surface area contributed by atoms with E-state index in [2.05, 4.69) is 10.5 Å². The minimum absolute atomic E-state index is 0.0622. The Morgan fingerprint density at radius 1 is 1.17 bits per heavy atom. The highest BCUT2D eigenvalue weighted by atomic mass is 32.2. The van der Waals surface area contributed by atoms with Gasteiger partial charge in [0.1, 0.15) is 5.75 Å². The standard InChI is InChI=1S/C17H18N2O4S/c1-11-7-8-16(20)15(9-11)12(2)18-19-17(21)13-5-4-6-14(10-13)24(3,22)23/h4-10,20H,1-3H3,(H,19,21). The molecule has 0 spiro atoms. The van der Waals surface area contributed by atoms with Gasteiger partial charge < -0.3 is 5.11 Å². The van der Waals surface area contributed by atoms with Crippen LogP contribution < -0.4 is 5.43 Å². The van der Waals surface area contributed by atoms with Gasteiger partial charge in [0.05, 0.1) is 10.6 Å². The Balaban J connectivity index is 2.22. The van der Waals surface area contributed by atoms with Crippen molar-refractivity contribution < 1.29 is 18.3 Å². The lowest BCUT2D eigenvalue weighted by Gasteiger charge is -2.07. The van der Waals surface area contributed by atoms with E-state index in [0.29, 0.717) is 11.3 Å². The lowest BCUT2D eigenvalue weighted by atomic mass is 10.1. The zero-order chi connectivity index (χ0) is 17.9. The normalized spacial score (nSPS) is 12.0. The summed E-state index contributed by atoms with van der Waals surface area (Å²) in [4.78, 5) is 12.2. The van der Waals surface area contributed by atoms with Crippen molar-refractivity contribution in [1.82, 2.24) is 5.43 Å². The molecular formula is C17H18N2O4S. The molecule has 0 aromatic heterocycles. The van der Waals surface area contributed by atoms with E-state index in [1.54, 1.807) is 25.1 Å². The fraction of sp³-hybridized carbons (Fsp3) is 0.176. The first-order valence-electron chi connectivity index (χ1n) is 7.13. The Bertz CT molecular complexity index is 918. The molecular weight excluding hydrogens is 328 g/mol. The van der Waals surface area contributed by atoms with Crippen LogP contribution in [0.25, 0.3) is 0 Å². The summed E-state index contributed by atoms with van der Waals surface area (Å²) < 4.78 is 23.1. The molecule has 2 aromatic rings. The molecule has 0 atom stereocenters. The molecule has 0 aliphatic heterocycles. The second-order valence-electron chi connectivity index (χ2n) is 5.46. The summed E-state index contributed by atoms with van der Waals surface area (Å²) in [5.41, 5.74) is 4.45. The van der Waals surface area contributed by atoms with E-state index in [9.17, 15) is 18.3 Å². The van der Waals surface area contributed by atoms with Crippen LogP contribution in [0.5, 0.6) is 5.75 Å². The Morgan fingerprint density at radius 2 is 1.88 bits per heavy atom. The van der Waals surface area contributed by atoms with Gasteiger partial charge in [0.2, 0.25) is 0 Å². The fourth-order valence-corrected chi connectivity index (χ4v) is 2.73. The Hall–Kier alpha value is -2.67. The smallest absolute Gasteiger partial charge is 0.271 e. The molecule has 2 aromatic carbocycles. The van der Waals surface area contributed by atoms with Crippen LogP contribution in [-0.2, 0) is 9.84 Å². The first kappa shape index (κ1) is 17.7. The van der Waals surface area contributed by atoms with Crippen LogP contribution in [-0.4, -0.2) is 31.4 Å². The average molecular weight is 346 g/mol. The van der Waals surface area contributed by atoms with E-state index < -0.39 is 15.7 Å². The molecule has 0 heterocycles. The average Bonchev–Trinajstić information content (AvgIpc) is 2.54. The van der Waals surface area contributed by atoms with Crippen molar-refractivity contribution in [1.29, 1.82) is 0 Å².